The SMILES string of the molecule is O=C(NNc1cccc(C(F)(F)F)c1)c1cccn1-c1ncc(C(F)(F)F)cc1Cl. The van der Waals surface area contributed by atoms with Gasteiger partial charge in [0.15, 0.2) is 5.82 Å². The normalized spacial score (nSPS) is 12.0. The van der Waals surface area contributed by atoms with E-state index in [9.17, 15) is 31.1 Å². The third-order valence-electron chi connectivity index (χ3n) is 3.87. The molecule has 0 aliphatic rings. The van der Waals surface area contributed by atoms with E-state index >= 15 is 0 Å². The summed E-state index contributed by atoms with van der Waals surface area (Å²) in [6.07, 6.45) is -7.27. The monoisotopic (exact) mass is 448 g/mol. The summed E-state index contributed by atoms with van der Waals surface area (Å²) in [5.74, 6) is -0.908. The predicted molar refractivity (Wildman–Crippen MR) is 96.1 cm³/mol. The third-order valence-corrected chi connectivity index (χ3v) is 4.15. The number of carbonyl (C=O) groups excluding carboxylic acids is 1. The van der Waals surface area contributed by atoms with Gasteiger partial charge in [-0.2, -0.15) is 26.3 Å². The minimum absolute atomic E-state index is 0.0260. The van der Waals surface area contributed by atoms with E-state index in [-0.39, 0.29) is 22.2 Å². The van der Waals surface area contributed by atoms with E-state index in [2.05, 4.69) is 15.8 Å². The highest BCUT2D eigenvalue weighted by atomic mass is 35.5. The average molecular weight is 449 g/mol. The lowest BCUT2D eigenvalue weighted by Gasteiger charge is -2.14. The van der Waals surface area contributed by atoms with E-state index in [0.29, 0.717) is 12.3 Å². The molecule has 0 atom stereocenters. The largest absolute Gasteiger partial charge is 0.417 e. The maximum atomic E-state index is 12.8. The molecule has 0 saturated heterocycles. The number of alkyl halides is 6. The molecule has 0 saturated carbocycles. The van der Waals surface area contributed by atoms with Gasteiger partial charge in [0.1, 0.15) is 5.69 Å². The summed E-state index contributed by atoms with van der Waals surface area (Å²) < 4.78 is 77.7. The Morgan fingerprint density at radius 3 is 2.30 bits per heavy atom. The second-order valence-electron chi connectivity index (χ2n) is 5.95. The number of hydrogen-bond acceptors (Lipinski definition) is 3. The van der Waals surface area contributed by atoms with Crippen molar-refractivity contribution in [1.29, 1.82) is 0 Å². The maximum absolute atomic E-state index is 12.8. The summed E-state index contributed by atoms with van der Waals surface area (Å²) in [5.41, 5.74) is 2.51. The van der Waals surface area contributed by atoms with E-state index in [1.54, 1.807) is 0 Å². The van der Waals surface area contributed by atoms with Gasteiger partial charge < -0.3 is 0 Å². The van der Waals surface area contributed by atoms with Crippen LogP contribution >= 0.6 is 11.6 Å². The molecule has 0 aliphatic carbocycles. The van der Waals surface area contributed by atoms with Gasteiger partial charge in [-0.1, -0.05) is 17.7 Å². The lowest BCUT2D eigenvalue weighted by Crippen LogP contribution is -2.31. The van der Waals surface area contributed by atoms with Crippen LogP contribution in [0.3, 0.4) is 0 Å². The highest BCUT2D eigenvalue weighted by Gasteiger charge is 2.32. The molecule has 1 aromatic carbocycles. The van der Waals surface area contributed by atoms with Gasteiger partial charge in [0, 0.05) is 12.4 Å². The number of amides is 1. The van der Waals surface area contributed by atoms with Crippen LogP contribution in [0.5, 0.6) is 0 Å². The molecule has 2 N–H and O–H groups in total. The topological polar surface area (TPSA) is 59.0 Å². The molecule has 3 aromatic rings. The summed E-state index contributed by atoms with van der Waals surface area (Å²) in [7, 11) is 0. The lowest BCUT2D eigenvalue weighted by atomic mass is 10.2. The summed E-state index contributed by atoms with van der Waals surface area (Å²) >= 11 is 5.90. The Hall–Kier alpha value is -3.21. The first-order valence-corrected chi connectivity index (χ1v) is 8.48. The Kier molecular flexibility index (Phi) is 5.66. The van der Waals surface area contributed by atoms with Crippen molar-refractivity contribution >= 4 is 23.2 Å². The Balaban J connectivity index is 1.80. The number of hydrogen-bond donors (Lipinski definition) is 2. The number of halogens is 7. The number of nitrogens with one attached hydrogen (secondary N) is 2. The Bertz CT molecular complexity index is 1080. The minimum Gasteiger partial charge on any atom is -0.298 e. The Morgan fingerprint density at radius 2 is 1.67 bits per heavy atom. The van der Waals surface area contributed by atoms with Crippen molar-refractivity contribution in [3.05, 3.63) is 76.7 Å². The number of nitrogens with zero attached hydrogens (tertiary/aromatic N) is 2. The Labute approximate surface area is 170 Å². The summed E-state index contributed by atoms with van der Waals surface area (Å²) in [6.45, 7) is 0. The van der Waals surface area contributed by atoms with Crippen LogP contribution in [0, 0.1) is 0 Å². The van der Waals surface area contributed by atoms with Crippen LogP contribution < -0.4 is 10.9 Å². The number of anilines is 1. The van der Waals surface area contributed by atoms with Gasteiger partial charge in [0.2, 0.25) is 0 Å². The van der Waals surface area contributed by atoms with Crippen LogP contribution in [-0.4, -0.2) is 15.5 Å². The highest BCUT2D eigenvalue weighted by Crippen LogP contribution is 2.32. The van der Waals surface area contributed by atoms with Crippen molar-refractivity contribution in [1.82, 2.24) is 15.0 Å². The molecule has 12 heteroatoms. The molecule has 3 rings (SSSR count). The van der Waals surface area contributed by atoms with E-state index < -0.39 is 29.4 Å². The highest BCUT2D eigenvalue weighted by molar-refractivity contribution is 6.32. The number of hydrazine groups is 1. The Morgan fingerprint density at radius 1 is 0.967 bits per heavy atom. The minimum atomic E-state index is -4.64. The number of rotatable bonds is 4. The average Bonchev–Trinajstić information content (AvgIpc) is 3.14. The molecule has 0 aliphatic heterocycles. The summed E-state index contributed by atoms with van der Waals surface area (Å²) in [6, 6.07) is 7.57. The smallest absolute Gasteiger partial charge is 0.298 e. The standard InChI is InChI=1S/C18H11ClF6N4O/c19-13-8-11(18(23,24)25)9-26-15(13)29-6-2-5-14(29)16(30)28-27-12-4-1-3-10(7-12)17(20,21)22/h1-9,27H,(H,28,30). The molecular formula is C18H11ClF6N4O. The van der Waals surface area contributed by atoms with E-state index in [1.165, 1.54) is 24.4 Å². The van der Waals surface area contributed by atoms with Crippen molar-refractivity contribution < 1.29 is 31.1 Å². The zero-order valence-electron chi connectivity index (χ0n) is 14.6. The molecule has 0 spiro atoms. The quantitative estimate of drug-likeness (QED) is 0.419. The third kappa shape index (κ3) is 4.67. The van der Waals surface area contributed by atoms with Crippen LogP contribution in [0.1, 0.15) is 21.6 Å². The molecule has 0 bridgehead atoms. The van der Waals surface area contributed by atoms with Crippen LogP contribution in [0.15, 0.2) is 54.9 Å². The van der Waals surface area contributed by atoms with Crippen molar-refractivity contribution in [2.45, 2.75) is 12.4 Å². The molecule has 158 valence electrons. The maximum Gasteiger partial charge on any atom is 0.417 e. The first kappa shape index (κ1) is 21.5. The van der Waals surface area contributed by atoms with Gasteiger partial charge in [-0.05, 0) is 36.4 Å². The lowest BCUT2D eigenvalue weighted by molar-refractivity contribution is -0.138. The molecule has 2 aromatic heterocycles. The molecule has 0 unspecified atom stereocenters. The molecule has 1 amide bonds. The molecule has 30 heavy (non-hydrogen) atoms. The van der Waals surface area contributed by atoms with Crippen molar-refractivity contribution in [3.63, 3.8) is 0 Å². The van der Waals surface area contributed by atoms with Crippen molar-refractivity contribution in [2.75, 3.05) is 5.43 Å². The van der Waals surface area contributed by atoms with Gasteiger partial charge in [-0.25, -0.2) is 4.98 Å². The second kappa shape index (κ2) is 7.90. The van der Waals surface area contributed by atoms with Gasteiger partial charge in [0.05, 0.1) is 21.8 Å². The summed E-state index contributed by atoms with van der Waals surface area (Å²) in [5, 5.41) is -0.346. The summed E-state index contributed by atoms with van der Waals surface area (Å²) in [4.78, 5) is 16.1. The predicted octanol–water partition coefficient (Wildman–Crippen LogP) is 5.32. The number of aromatic nitrogens is 2. The van der Waals surface area contributed by atoms with Crippen LogP contribution in [0.25, 0.3) is 5.82 Å². The van der Waals surface area contributed by atoms with Crippen molar-refractivity contribution in [3.8, 4) is 5.82 Å². The number of benzene rings is 1. The van der Waals surface area contributed by atoms with Gasteiger partial charge in [-0.3, -0.25) is 20.2 Å². The molecule has 0 radical (unpaired) electrons. The molecule has 2 heterocycles. The van der Waals surface area contributed by atoms with Crippen LogP contribution in [0.4, 0.5) is 32.0 Å². The molecule has 5 nitrogen and oxygen atoms in total. The fourth-order valence-corrected chi connectivity index (χ4v) is 2.74. The number of carbonyl (C=O) groups is 1. The van der Waals surface area contributed by atoms with E-state index in [0.717, 1.165) is 22.8 Å². The fraction of sp³-hybridized carbons (Fsp3) is 0.111. The number of pyridine rings is 1. The first-order valence-electron chi connectivity index (χ1n) is 8.11. The van der Waals surface area contributed by atoms with Crippen LogP contribution in [0.2, 0.25) is 5.02 Å². The molecule has 0 fully saturated rings. The zero-order chi connectivity index (χ0) is 22.1. The van der Waals surface area contributed by atoms with Gasteiger partial charge in [0.25, 0.3) is 5.91 Å². The first-order chi connectivity index (χ1) is 14.0. The fourth-order valence-electron chi connectivity index (χ4n) is 2.48. The van der Waals surface area contributed by atoms with E-state index in [4.69, 9.17) is 11.6 Å². The zero-order valence-corrected chi connectivity index (χ0v) is 15.4. The van der Waals surface area contributed by atoms with E-state index in [1.807, 2.05) is 0 Å². The second-order valence-corrected chi connectivity index (χ2v) is 6.36. The van der Waals surface area contributed by atoms with Gasteiger partial charge in [-0.15, -0.1) is 0 Å². The van der Waals surface area contributed by atoms with Gasteiger partial charge >= 0.3 is 12.4 Å². The van der Waals surface area contributed by atoms with Crippen molar-refractivity contribution in [2.24, 2.45) is 0 Å². The van der Waals surface area contributed by atoms with Crippen LogP contribution in [-0.2, 0) is 12.4 Å². The molecular weight excluding hydrogens is 438 g/mol.